The molecule has 0 saturated heterocycles. The zero-order valence-corrected chi connectivity index (χ0v) is 16.8. The molecule has 0 rings (SSSR count). The van der Waals surface area contributed by atoms with E-state index in [0.29, 0.717) is 0 Å². The van der Waals surface area contributed by atoms with Crippen molar-refractivity contribution in [3.63, 3.8) is 0 Å². The summed E-state index contributed by atoms with van der Waals surface area (Å²) in [6.07, 6.45) is 0.0438. The third-order valence-electron chi connectivity index (χ3n) is 3.54. The summed E-state index contributed by atoms with van der Waals surface area (Å²) in [4.78, 5) is 0. The summed E-state index contributed by atoms with van der Waals surface area (Å²) < 4.78 is 17.8. The van der Waals surface area contributed by atoms with Crippen LogP contribution in [0, 0.1) is 0 Å². The molecule has 0 radical (unpaired) electrons. The van der Waals surface area contributed by atoms with Crippen LogP contribution < -0.4 is 0 Å². The summed E-state index contributed by atoms with van der Waals surface area (Å²) in [7, 11) is -4.29. The van der Waals surface area contributed by atoms with E-state index >= 15 is 0 Å². The third kappa shape index (κ3) is 7.36. The Morgan fingerprint density at radius 3 is 1.24 bits per heavy atom. The third-order valence-corrected chi connectivity index (χ3v) is 11.9. The molecule has 0 saturated carbocycles. The monoisotopic (exact) mass is 338 g/mol. The predicted molar refractivity (Wildman–Crippen MR) is 89.7 cm³/mol. The van der Waals surface area contributed by atoms with E-state index < -0.39 is 29.2 Å². The second-order valence-corrected chi connectivity index (χ2v) is 15.1. The Kier molecular flexibility index (Phi) is 8.86. The van der Waals surface area contributed by atoms with Gasteiger partial charge >= 0.3 is 0 Å². The molecule has 0 spiro atoms. The highest BCUT2D eigenvalue weighted by Gasteiger charge is 2.44. The van der Waals surface area contributed by atoms with E-state index in [9.17, 15) is 10.2 Å². The average molecular weight is 339 g/mol. The van der Waals surface area contributed by atoms with Crippen molar-refractivity contribution in [3.8, 4) is 0 Å². The van der Waals surface area contributed by atoms with Crippen molar-refractivity contribution in [2.45, 2.75) is 90.8 Å². The Hall–Kier alpha value is 0.234. The van der Waals surface area contributed by atoms with E-state index in [2.05, 4.69) is 26.2 Å². The van der Waals surface area contributed by atoms with Gasteiger partial charge in [0.25, 0.3) is 0 Å². The molecule has 0 fully saturated rings. The molecule has 128 valence electrons. The van der Waals surface area contributed by atoms with Gasteiger partial charge in [0.2, 0.25) is 16.6 Å². The first-order valence-corrected chi connectivity index (χ1v) is 13.8. The van der Waals surface area contributed by atoms with Crippen LogP contribution in [0.2, 0.25) is 26.2 Å². The van der Waals surface area contributed by atoms with E-state index in [-0.39, 0.29) is 11.5 Å². The lowest BCUT2D eigenvalue weighted by Crippen LogP contribution is -2.59. The second-order valence-electron chi connectivity index (χ2n) is 6.57. The van der Waals surface area contributed by atoms with Crippen molar-refractivity contribution in [1.29, 1.82) is 0 Å². The van der Waals surface area contributed by atoms with Crippen LogP contribution in [0.15, 0.2) is 0 Å². The van der Waals surface area contributed by atoms with E-state index in [1.165, 1.54) is 0 Å². The van der Waals surface area contributed by atoms with Gasteiger partial charge in [-0.2, -0.15) is 0 Å². The number of hydrogen-bond acceptors (Lipinski definition) is 5. The van der Waals surface area contributed by atoms with Crippen LogP contribution in [0.4, 0.5) is 0 Å². The molecule has 0 heterocycles. The van der Waals surface area contributed by atoms with Crippen molar-refractivity contribution >= 4 is 16.6 Å². The fourth-order valence-electron chi connectivity index (χ4n) is 2.79. The summed E-state index contributed by atoms with van der Waals surface area (Å²) in [6.45, 7) is 15.8. The van der Waals surface area contributed by atoms with Crippen molar-refractivity contribution < 1.29 is 23.8 Å². The highest BCUT2D eigenvalue weighted by molar-refractivity contribution is 6.86. The van der Waals surface area contributed by atoms with Crippen LogP contribution in [0.25, 0.3) is 0 Å². The number of rotatable bonds is 10. The van der Waals surface area contributed by atoms with E-state index in [1.54, 1.807) is 13.8 Å². The molecule has 0 aliphatic heterocycles. The van der Waals surface area contributed by atoms with Crippen molar-refractivity contribution in [1.82, 2.24) is 0 Å². The normalized spacial score (nSPS) is 19.1. The van der Waals surface area contributed by atoms with E-state index in [1.807, 2.05) is 13.8 Å². The minimum Gasteiger partial charge on any atom is -0.452 e. The zero-order chi connectivity index (χ0) is 16.8. The van der Waals surface area contributed by atoms with Gasteiger partial charge in [0.1, 0.15) is 0 Å². The number of aliphatic hydroxyl groups excluding tert-OH is 2. The average Bonchev–Trinajstić information content (AvgIpc) is 2.30. The molecule has 0 aliphatic rings. The lowest BCUT2D eigenvalue weighted by Gasteiger charge is -2.42. The molecule has 0 aromatic rings. The molecule has 21 heavy (non-hydrogen) atoms. The minimum atomic E-state index is -2.14. The van der Waals surface area contributed by atoms with E-state index in [0.717, 1.165) is 12.8 Å². The molecule has 0 amide bonds. The molecule has 0 aromatic carbocycles. The van der Waals surface area contributed by atoms with Crippen LogP contribution in [0.3, 0.4) is 0 Å². The Morgan fingerprint density at radius 1 is 0.762 bits per heavy atom. The van der Waals surface area contributed by atoms with Gasteiger partial charge in [-0.05, 0) is 52.9 Å². The van der Waals surface area contributed by atoms with Gasteiger partial charge in [-0.15, -0.1) is 0 Å². The van der Waals surface area contributed by atoms with Crippen LogP contribution in [-0.4, -0.2) is 50.9 Å². The SMILES string of the molecule is CCC(OC(C)O)[Si](C)(C)O[Si](C)(C)C(CC)OC(C)O. The molecular formula is C14H34O5Si2. The van der Waals surface area contributed by atoms with Crippen LogP contribution in [0.5, 0.6) is 0 Å². The molecule has 0 aliphatic carbocycles. The first kappa shape index (κ1) is 21.2. The minimum absolute atomic E-state index is 0.0617. The van der Waals surface area contributed by atoms with Crippen LogP contribution in [0.1, 0.15) is 40.5 Å². The highest BCUT2D eigenvalue weighted by atomic mass is 28.4. The maximum atomic E-state index is 9.49. The van der Waals surface area contributed by atoms with Gasteiger partial charge < -0.3 is 23.8 Å². The van der Waals surface area contributed by atoms with Crippen LogP contribution in [-0.2, 0) is 13.6 Å². The molecule has 2 N–H and O–H groups in total. The van der Waals surface area contributed by atoms with Crippen molar-refractivity contribution in [2.24, 2.45) is 0 Å². The highest BCUT2D eigenvalue weighted by Crippen LogP contribution is 2.27. The smallest absolute Gasteiger partial charge is 0.202 e. The van der Waals surface area contributed by atoms with E-state index in [4.69, 9.17) is 13.6 Å². The second kappa shape index (κ2) is 8.76. The molecule has 4 unspecified atom stereocenters. The van der Waals surface area contributed by atoms with Crippen LogP contribution >= 0.6 is 0 Å². The van der Waals surface area contributed by atoms with Gasteiger partial charge in [0, 0.05) is 0 Å². The van der Waals surface area contributed by atoms with Gasteiger partial charge in [0.05, 0.1) is 11.5 Å². The number of ether oxygens (including phenoxy) is 2. The lowest BCUT2D eigenvalue weighted by molar-refractivity contribution is -0.109. The van der Waals surface area contributed by atoms with Gasteiger partial charge in [-0.3, -0.25) is 0 Å². The Bertz CT molecular complexity index is 267. The Balaban J connectivity index is 5.00. The summed E-state index contributed by atoms with van der Waals surface area (Å²) in [5.41, 5.74) is -0.123. The molecule has 0 bridgehead atoms. The van der Waals surface area contributed by atoms with Crippen molar-refractivity contribution in [3.05, 3.63) is 0 Å². The number of aliphatic hydroxyl groups is 2. The molecule has 0 aromatic heterocycles. The molecule has 5 nitrogen and oxygen atoms in total. The fourth-order valence-corrected chi connectivity index (χ4v) is 12.3. The summed E-state index contributed by atoms with van der Waals surface area (Å²) >= 11 is 0. The molecular weight excluding hydrogens is 304 g/mol. The van der Waals surface area contributed by atoms with Gasteiger partial charge in [-0.1, -0.05) is 13.8 Å². The van der Waals surface area contributed by atoms with Gasteiger partial charge in [-0.25, -0.2) is 0 Å². The predicted octanol–water partition coefficient (Wildman–Crippen LogP) is 2.76. The first-order chi connectivity index (χ1) is 9.46. The Morgan fingerprint density at radius 2 is 1.05 bits per heavy atom. The standard InChI is InChI=1S/C14H34O5Si2/c1-9-13(17-11(3)15)20(5,6)19-21(7,8)14(10-2)18-12(4)16/h11-16H,9-10H2,1-8H3. The largest absolute Gasteiger partial charge is 0.452 e. The summed E-state index contributed by atoms with van der Waals surface area (Å²) in [6, 6.07) is 0. The lowest BCUT2D eigenvalue weighted by atomic mass is 10.5. The summed E-state index contributed by atoms with van der Waals surface area (Å²) in [5, 5.41) is 19.0. The zero-order valence-electron chi connectivity index (χ0n) is 14.8. The maximum absolute atomic E-state index is 9.49. The molecule has 4 atom stereocenters. The maximum Gasteiger partial charge on any atom is 0.202 e. The quantitative estimate of drug-likeness (QED) is 0.473. The van der Waals surface area contributed by atoms with Gasteiger partial charge in [0.15, 0.2) is 12.6 Å². The molecule has 7 heteroatoms. The topological polar surface area (TPSA) is 68.2 Å². The van der Waals surface area contributed by atoms with Crippen molar-refractivity contribution in [2.75, 3.05) is 0 Å². The Labute approximate surface area is 131 Å². The first-order valence-electron chi connectivity index (χ1n) is 7.83. The summed E-state index contributed by atoms with van der Waals surface area (Å²) in [5.74, 6) is 0. The number of hydrogen-bond donors (Lipinski definition) is 2. The fraction of sp³-hybridized carbons (Fsp3) is 1.00.